The number of nitrogens with zero attached hydrogens (tertiary/aromatic N) is 2. The van der Waals surface area contributed by atoms with Gasteiger partial charge in [0.15, 0.2) is 11.5 Å². The third-order valence-corrected chi connectivity index (χ3v) is 4.72. The van der Waals surface area contributed by atoms with Crippen molar-refractivity contribution in [2.24, 2.45) is 0 Å². The smallest absolute Gasteiger partial charge is 0.279 e. The molecule has 0 bridgehead atoms. The number of nitrogens with one attached hydrogen (secondary N) is 1. The van der Waals surface area contributed by atoms with E-state index in [0.717, 1.165) is 17.5 Å². The molecular formula is C19H25N3O5. The summed E-state index contributed by atoms with van der Waals surface area (Å²) in [6.45, 7) is 4.44. The van der Waals surface area contributed by atoms with Gasteiger partial charge in [-0.25, -0.2) is 4.68 Å². The van der Waals surface area contributed by atoms with Gasteiger partial charge >= 0.3 is 0 Å². The molecule has 1 amide bonds. The van der Waals surface area contributed by atoms with Crippen LogP contribution in [0, 0.1) is 0 Å². The molecule has 1 fully saturated rings. The van der Waals surface area contributed by atoms with E-state index in [9.17, 15) is 9.59 Å². The van der Waals surface area contributed by atoms with E-state index in [-0.39, 0.29) is 24.1 Å². The Labute approximate surface area is 157 Å². The molecule has 2 aromatic rings. The third kappa shape index (κ3) is 4.05. The topological polar surface area (TPSA) is 91.7 Å². The normalized spacial score (nSPS) is 18.9. The van der Waals surface area contributed by atoms with E-state index in [1.807, 2.05) is 13.8 Å². The number of benzene rings is 1. The van der Waals surface area contributed by atoms with Gasteiger partial charge in [0.1, 0.15) is 6.54 Å². The Hall–Kier alpha value is -2.61. The van der Waals surface area contributed by atoms with Gasteiger partial charge in [-0.05, 0) is 38.8 Å². The summed E-state index contributed by atoms with van der Waals surface area (Å²) in [5, 5.41) is 8.06. The van der Waals surface area contributed by atoms with Gasteiger partial charge in [0, 0.05) is 18.0 Å². The van der Waals surface area contributed by atoms with Crippen LogP contribution in [0.2, 0.25) is 0 Å². The van der Waals surface area contributed by atoms with Crippen molar-refractivity contribution >= 4 is 16.7 Å². The van der Waals surface area contributed by atoms with Crippen LogP contribution in [-0.4, -0.2) is 48.2 Å². The van der Waals surface area contributed by atoms with E-state index in [0.29, 0.717) is 28.9 Å². The lowest BCUT2D eigenvalue weighted by molar-refractivity contribution is -0.124. The largest absolute Gasteiger partial charge is 0.493 e. The maximum Gasteiger partial charge on any atom is 0.279 e. The van der Waals surface area contributed by atoms with Crippen LogP contribution in [0.25, 0.3) is 10.8 Å². The molecule has 3 rings (SSSR count). The zero-order valence-electron chi connectivity index (χ0n) is 16.1. The van der Waals surface area contributed by atoms with E-state index in [1.54, 1.807) is 18.3 Å². The number of rotatable bonds is 5. The number of hydrogen-bond acceptors (Lipinski definition) is 6. The second-order valence-electron chi connectivity index (χ2n) is 7.24. The molecule has 1 aliphatic rings. The lowest BCUT2D eigenvalue weighted by atomic mass is 9.94. The molecule has 1 aromatic carbocycles. The van der Waals surface area contributed by atoms with E-state index in [2.05, 4.69) is 10.4 Å². The van der Waals surface area contributed by atoms with E-state index in [4.69, 9.17) is 14.2 Å². The molecule has 0 aliphatic carbocycles. The molecule has 0 saturated carbocycles. The van der Waals surface area contributed by atoms with Crippen LogP contribution in [0.3, 0.4) is 0 Å². The van der Waals surface area contributed by atoms with E-state index >= 15 is 0 Å². The SMILES string of the molecule is COc1ccc2cnn(CC(=O)N[C@H]3CCOC(C)(C)C3)c(=O)c2c1OC. The highest BCUT2D eigenvalue weighted by Crippen LogP contribution is 2.32. The van der Waals surface area contributed by atoms with Crippen LogP contribution >= 0.6 is 0 Å². The average Bonchev–Trinajstić information content (AvgIpc) is 2.62. The number of amides is 1. The molecule has 1 N–H and O–H groups in total. The first-order chi connectivity index (χ1) is 12.8. The number of aromatic nitrogens is 2. The third-order valence-electron chi connectivity index (χ3n) is 4.72. The first-order valence-electron chi connectivity index (χ1n) is 8.89. The van der Waals surface area contributed by atoms with Crippen LogP contribution in [0.4, 0.5) is 0 Å². The second-order valence-corrected chi connectivity index (χ2v) is 7.24. The van der Waals surface area contributed by atoms with Crippen molar-refractivity contribution in [2.45, 2.75) is 44.9 Å². The summed E-state index contributed by atoms with van der Waals surface area (Å²) in [5.74, 6) is 0.532. The zero-order valence-corrected chi connectivity index (χ0v) is 16.1. The highest BCUT2D eigenvalue weighted by atomic mass is 16.5. The summed E-state index contributed by atoms with van der Waals surface area (Å²) < 4.78 is 17.4. The monoisotopic (exact) mass is 375 g/mol. The molecule has 0 unspecified atom stereocenters. The predicted octanol–water partition coefficient (Wildman–Crippen LogP) is 1.49. The van der Waals surface area contributed by atoms with Crippen molar-refractivity contribution in [3.63, 3.8) is 0 Å². The van der Waals surface area contributed by atoms with Gasteiger partial charge < -0.3 is 19.5 Å². The van der Waals surface area contributed by atoms with Crippen LogP contribution in [0.5, 0.6) is 11.5 Å². The van der Waals surface area contributed by atoms with Gasteiger partial charge in [-0.3, -0.25) is 9.59 Å². The summed E-state index contributed by atoms with van der Waals surface area (Å²) >= 11 is 0. The fourth-order valence-electron chi connectivity index (χ4n) is 3.46. The molecule has 0 spiro atoms. The molecule has 1 aliphatic heterocycles. The van der Waals surface area contributed by atoms with Gasteiger partial charge in [0.25, 0.3) is 5.56 Å². The Bertz CT molecular complexity index is 906. The van der Waals surface area contributed by atoms with Crippen LogP contribution in [0.15, 0.2) is 23.1 Å². The van der Waals surface area contributed by atoms with Crippen molar-refractivity contribution in [3.05, 3.63) is 28.7 Å². The number of ether oxygens (including phenoxy) is 3. The van der Waals surface area contributed by atoms with Crippen molar-refractivity contribution in [2.75, 3.05) is 20.8 Å². The van der Waals surface area contributed by atoms with Crippen molar-refractivity contribution in [1.29, 1.82) is 0 Å². The summed E-state index contributed by atoms with van der Waals surface area (Å²) in [6.07, 6.45) is 3.02. The maximum atomic E-state index is 12.9. The summed E-state index contributed by atoms with van der Waals surface area (Å²) in [5.41, 5.74) is -0.663. The molecule has 27 heavy (non-hydrogen) atoms. The van der Waals surface area contributed by atoms with Crippen molar-refractivity contribution < 1.29 is 19.0 Å². The summed E-state index contributed by atoms with van der Waals surface area (Å²) in [4.78, 5) is 25.3. The lowest BCUT2D eigenvalue weighted by Gasteiger charge is -2.35. The highest BCUT2D eigenvalue weighted by Gasteiger charge is 2.29. The minimum absolute atomic E-state index is 0.0204. The Morgan fingerprint density at radius 3 is 2.81 bits per heavy atom. The van der Waals surface area contributed by atoms with Gasteiger partial charge in [0.2, 0.25) is 5.91 Å². The average molecular weight is 375 g/mol. The lowest BCUT2D eigenvalue weighted by Crippen LogP contribution is -2.47. The minimum atomic E-state index is -0.397. The number of carbonyl (C=O) groups is 1. The number of hydrogen-bond donors (Lipinski definition) is 1. The van der Waals surface area contributed by atoms with Crippen LogP contribution < -0.4 is 20.3 Å². The number of fused-ring (bicyclic) bond motifs is 1. The fourth-order valence-corrected chi connectivity index (χ4v) is 3.46. The molecule has 1 aromatic heterocycles. The standard InChI is InChI=1S/C19H25N3O5/c1-19(2)9-13(7-8-27-19)21-15(23)11-22-18(24)16-12(10-20-22)5-6-14(25-3)17(16)26-4/h5-6,10,13H,7-9,11H2,1-4H3,(H,21,23)/t13-/m0/s1. The van der Waals surface area contributed by atoms with Gasteiger partial charge in [-0.15, -0.1) is 0 Å². The first kappa shape index (κ1) is 19.2. The second kappa shape index (κ2) is 7.56. The van der Waals surface area contributed by atoms with Crippen molar-refractivity contribution in [1.82, 2.24) is 15.1 Å². The molecule has 1 saturated heterocycles. The predicted molar refractivity (Wildman–Crippen MR) is 100 cm³/mol. The highest BCUT2D eigenvalue weighted by molar-refractivity contribution is 5.89. The first-order valence-corrected chi connectivity index (χ1v) is 8.89. The quantitative estimate of drug-likeness (QED) is 0.851. The number of methoxy groups -OCH3 is 2. The van der Waals surface area contributed by atoms with Crippen LogP contribution in [0.1, 0.15) is 26.7 Å². The molecule has 8 heteroatoms. The molecular weight excluding hydrogens is 350 g/mol. The van der Waals surface area contributed by atoms with Crippen molar-refractivity contribution in [3.8, 4) is 11.5 Å². The maximum absolute atomic E-state index is 12.9. The Morgan fingerprint density at radius 2 is 2.15 bits per heavy atom. The van der Waals surface area contributed by atoms with Gasteiger partial charge in [-0.1, -0.05) is 0 Å². The minimum Gasteiger partial charge on any atom is -0.493 e. The molecule has 1 atom stereocenters. The zero-order chi connectivity index (χ0) is 19.6. The van der Waals surface area contributed by atoms with E-state index < -0.39 is 5.56 Å². The fraction of sp³-hybridized carbons (Fsp3) is 0.526. The van der Waals surface area contributed by atoms with Gasteiger partial charge in [-0.2, -0.15) is 5.10 Å². The van der Waals surface area contributed by atoms with E-state index in [1.165, 1.54) is 14.2 Å². The Morgan fingerprint density at radius 1 is 1.37 bits per heavy atom. The Balaban J connectivity index is 1.83. The molecule has 0 radical (unpaired) electrons. The number of carbonyl (C=O) groups excluding carboxylic acids is 1. The van der Waals surface area contributed by atoms with Crippen LogP contribution in [-0.2, 0) is 16.1 Å². The molecule has 146 valence electrons. The summed E-state index contributed by atoms with van der Waals surface area (Å²) in [7, 11) is 2.98. The Kier molecular flexibility index (Phi) is 5.36. The van der Waals surface area contributed by atoms with Gasteiger partial charge in [0.05, 0.1) is 31.4 Å². The molecule has 8 nitrogen and oxygen atoms in total. The summed E-state index contributed by atoms with van der Waals surface area (Å²) in [6, 6.07) is 3.47. The molecule has 2 heterocycles.